The van der Waals surface area contributed by atoms with E-state index in [1.54, 1.807) is 35.4 Å². The number of hydrogen-bond acceptors (Lipinski definition) is 5. The van der Waals surface area contributed by atoms with Crippen molar-refractivity contribution in [2.75, 3.05) is 11.9 Å². The van der Waals surface area contributed by atoms with Crippen molar-refractivity contribution in [3.8, 4) is 11.5 Å². The number of nitrogens with one attached hydrogen (secondary N) is 1. The molecule has 1 unspecified atom stereocenters. The van der Waals surface area contributed by atoms with Crippen LogP contribution in [0.5, 0.6) is 11.5 Å². The van der Waals surface area contributed by atoms with Gasteiger partial charge in [-0.05, 0) is 85.0 Å². The first-order valence-electron chi connectivity index (χ1n) is 12.2. The van der Waals surface area contributed by atoms with Gasteiger partial charge in [-0.15, -0.1) is 5.10 Å². The number of ether oxygens (including phenoxy) is 1. The molecule has 10 heteroatoms. The molecule has 0 saturated carbocycles. The van der Waals surface area contributed by atoms with Gasteiger partial charge in [0.25, 0.3) is 0 Å². The third-order valence-electron chi connectivity index (χ3n) is 6.36. The Morgan fingerprint density at radius 1 is 1.05 bits per heavy atom. The van der Waals surface area contributed by atoms with Crippen molar-refractivity contribution < 1.29 is 18.7 Å². The van der Waals surface area contributed by atoms with Crippen LogP contribution in [0.2, 0.25) is 5.02 Å². The first kappa shape index (κ1) is 25.4. The molecule has 4 aromatic rings. The van der Waals surface area contributed by atoms with E-state index in [0.29, 0.717) is 41.6 Å². The van der Waals surface area contributed by atoms with Crippen LogP contribution in [0, 0.1) is 11.7 Å². The summed E-state index contributed by atoms with van der Waals surface area (Å²) in [5.74, 6) is 0.328. The highest BCUT2D eigenvalue weighted by Crippen LogP contribution is 2.29. The van der Waals surface area contributed by atoms with Crippen molar-refractivity contribution >= 4 is 29.1 Å². The second-order valence-electron chi connectivity index (χ2n) is 9.17. The van der Waals surface area contributed by atoms with Gasteiger partial charge in [0, 0.05) is 23.5 Å². The second kappa shape index (κ2) is 11.4. The first-order chi connectivity index (χ1) is 18.4. The highest BCUT2D eigenvalue weighted by molar-refractivity contribution is 6.30. The zero-order valence-electron chi connectivity index (χ0n) is 20.3. The largest absolute Gasteiger partial charge is 0.457 e. The number of aromatic nitrogens is 3. The molecule has 3 aromatic carbocycles. The topological polar surface area (TPSA) is 89.4 Å². The molecule has 2 heterocycles. The lowest BCUT2D eigenvalue weighted by Crippen LogP contribution is -2.44. The number of nitrogens with zero attached hydrogens (tertiary/aromatic N) is 4. The quantitative estimate of drug-likeness (QED) is 0.346. The van der Waals surface area contributed by atoms with E-state index < -0.39 is 6.04 Å². The second-order valence-corrected chi connectivity index (χ2v) is 9.60. The molecule has 8 nitrogen and oxygen atoms in total. The average Bonchev–Trinajstić information content (AvgIpc) is 3.57. The molecule has 2 atom stereocenters. The maximum atomic E-state index is 13.4. The molecule has 1 aromatic heterocycles. The SMILES string of the molecule is O=C(Nc1ccc(Oc2ccc(F)cc2)cc1)[C@@H]1CC(Cc2cccc(Cl)c2)CN1C(=O)Cn1ccnn1. The van der Waals surface area contributed by atoms with E-state index in [2.05, 4.69) is 15.6 Å². The van der Waals surface area contributed by atoms with Gasteiger partial charge < -0.3 is 15.0 Å². The molecular formula is C28H25ClFN5O3. The van der Waals surface area contributed by atoms with Crippen LogP contribution in [0.25, 0.3) is 0 Å². The summed E-state index contributed by atoms with van der Waals surface area (Å²) in [5, 5.41) is 11.2. The van der Waals surface area contributed by atoms with Crippen LogP contribution in [-0.2, 0) is 22.6 Å². The van der Waals surface area contributed by atoms with Gasteiger partial charge in [-0.3, -0.25) is 9.59 Å². The number of carbonyl (C=O) groups excluding carboxylic acids is 2. The maximum Gasteiger partial charge on any atom is 0.247 e. The molecule has 1 saturated heterocycles. The summed E-state index contributed by atoms with van der Waals surface area (Å²) < 4.78 is 20.3. The summed E-state index contributed by atoms with van der Waals surface area (Å²) in [6, 6.07) is 19.6. The van der Waals surface area contributed by atoms with Crippen molar-refractivity contribution in [3.05, 3.63) is 102 Å². The van der Waals surface area contributed by atoms with E-state index in [0.717, 1.165) is 5.56 Å². The van der Waals surface area contributed by atoms with Crippen LogP contribution in [0.15, 0.2) is 85.2 Å². The van der Waals surface area contributed by atoms with Gasteiger partial charge >= 0.3 is 0 Å². The zero-order chi connectivity index (χ0) is 26.5. The van der Waals surface area contributed by atoms with E-state index in [1.807, 2.05) is 24.3 Å². The Bertz CT molecular complexity index is 1400. The highest BCUT2D eigenvalue weighted by Gasteiger charge is 2.39. The zero-order valence-corrected chi connectivity index (χ0v) is 21.1. The van der Waals surface area contributed by atoms with Crippen molar-refractivity contribution in [3.63, 3.8) is 0 Å². The van der Waals surface area contributed by atoms with Crippen molar-refractivity contribution in [1.29, 1.82) is 0 Å². The molecule has 1 aliphatic heterocycles. The number of rotatable bonds is 8. The summed E-state index contributed by atoms with van der Waals surface area (Å²) in [7, 11) is 0. The summed E-state index contributed by atoms with van der Waals surface area (Å²) in [5.41, 5.74) is 1.63. The van der Waals surface area contributed by atoms with Crippen LogP contribution >= 0.6 is 11.6 Å². The molecule has 0 radical (unpaired) electrons. The average molecular weight is 534 g/mol. The predicted molar refractivity (Wildman–Crippen MR) is 140 cm³/mol. The van der Waals surface area contributed by atoms with Gasteiger partial charge in [0.05, 0.1) is 6.20 Å². The van der Waals surface area contributed by atoms with Gasteiger partial charge in [-0.2, -0.15) is 0 Å². The molecule has 194 valence electrons. The molecule has 0 bridgehead atoms. The summed E-state index contributed by atoms with van der Waals surface area (Å²) in [4.78, 5) is 28.2. The van der Waals surface area contributed by atoms with Crippen molar-refractivity contribution in [2.24, 2.45) is 5.92 Å². The number of hydrogen-bond donors (Lipinski definition) is 1. The number of amides is 2. The molecule has 1 N–H and O–H groups in total. The van der Waals surface area contributed by atoms with E-state index >= 15 is 0 Å². The molecule has 1 fully saturated rings. The third-order valence-corrected chi connectivity index (χ3v) is 6.60. The number of carbonyl (C=O) groups is 2. The van der Waals surface area contributed by atoms with Crippen LogP contribution in [-0.4, -0.2) is 44.3 Å². The summed E-state index contributed by atoms with van der Waals surface area (Å²) in [6.45, 7) is 0.450. The Balaban J connectivity index is 1.27. The lowest BCUT2D eigenvalue weighted by atomic mass is 9.96. The van der Waals surface area contributed by atoms with Gasteiger partial charge in [0.1, 0.15) is 29.9 Å². The van der Waals surface area contributed by atoms with Gasteiger partial charge in [-0.25, -0.2) is 9.07 Å². The van der Waals surface area contributed by atoms with E-state index in [-0.39, 0.29) is 30.1 Å². The molecular weight excluding hydrogens is 509 g/mol. The van der Waals surface area contributed by atoms with Crippen LogP contribution in [0.4, 0.5) is 10.1 Å². The number of benzene rings is 3. The summed E-state index contributed by atoms with van der Waals surface area (Å²) in [6.07, 6.45) is 4.34. The smallest absolute Gasteiger partial charge is 0.247 e. The standard InChI is InChI=1S/C28H25ClFN5O3/c29-21-3-1-2-19(15-21)14-20-16-26(35(17-20)27(36)18-34-13-12-31-33-34)28(37)32-23-6-10-25(11-7-23)38-24-8-4-22(30)5-9-24/h1-13,15,20,26H,14,16-18H2,(H,32,37)/t20?,26-/m0/s1. The number of anilines is 1. The minimum Gasteiger partial charge on any atom is -0.457 e. The lowest BCUT2D eigenvalue weighted by Gasteiger charge is -2.24. The Hall–Kier alpha value is -4.24. The van der Waals surface area contributed by atoms with Gasteiger partial charge in [-0.1, -0.05) is 28.9 Å². The monoisotopic (exact) mass is 533 g/mol. The van der Waals surface area contributed by atoms with Gasteiger partial charge in [0.2, 0.25) is 11.8 Å². The van der Waals surface area contributed by atoms with E-state index in [9.17, 15) is 14.0 Å². The van der Waals surface area contributed by atoms with E-state index in [1.165, 1.54) is 35.1 Å². The minimum atomic E-state index is -0.634. The molecule has 38 heavy (non-hydrogen) atoms. The number of halogens is 2. The van der Waals surface area contributed by atoms with Crippen LogP contribution < -0.4 is 10.1 Å². The predicted octanol–water partition coefficient (Wildman–Crippen LogP) is 4.96. The van der Waals surface area contributed by atoms with Gasteiger partial charge in [0.15, 0.2) is 0 Å². The Morgan fingerprint density at radius 2 is 1.79 bits per heavy atom. The lowest BCUT2D eigenvalue weighted by molar-refractivity contribution is -0.137. The number of likely N-dealkylation sites (tertiary alicyclic amines) is 1. The molecule has 5 rings (SSSR count). The van der Waals surface area contributed by atoms with E-state index in [4.69, 9.17) is 16.3 Å². The van der Waals surface area contributed by atoms with Crippen LogP contribution in [0.1, 0.15) is 12.0 Å². The fraction of sp³-hybridized carbons (Fsp3) is 0.214. The summed E-state index contributed by atoms with van der Waals surface area (Å²) >= 11 is 6.15. The molecule has 1 aliphatic rings. The highest BCUT2D eigenvalue weighted by atomic mass is 35.5. The van der Waals surface area contributed by atoms with Crippen molar-refractivity contribution in [1.82, 2.24) is 19.9 Å². The fourth-order valence-electron chi connectivity index (χ4n) is 4.61. The normalized spacial score (nSPS) is 16.8. The van der Waals surface area contributed by atoms with Crippen molar-refractivity contribution in [2.45, 2.75) is 25.4 Å². The molecule has 0 spiro atoms. The Kier molecular flexibility index (Phi) is 7.65. The Labute approximate surface area is 224 Å². The van der Waals surface area contributed by atoms with Crippen LogP contribution in [0.3, 0.4) is 0 Å². The molecule has 0 aliphatic carbocycles. The molecule has 2 amide bonds. The first-order valence-corrected chi connectivity index (χ1v) is 12.5. The maximum absolute atomic E-state index is 13.4. The Morgan fingerprint density at radius 3 is 2.47 bits per heavy atom. The fourth-order valence-corrected chi connectivity index (χ4v) is 4.82. The third kappa shape index (κ3) is 6.36. The minimum absolute atomic E-state index is 0.00306.